The van der Waals surface area contributed by atoms with Gasteiger partial charge in [0.05, 0.1) is 0 Å². The van der Waals surface area contributed by atoms with E-state index in [2.05, 4.69) is 47.0 Å². The van der Waals surface area contributed by atoms with Crippen molar-refractivity contribution < 1.29 is 4.79 Å². The van der Waals surface area contributed by atoms with Crippen LogP contribution in [0.5, 0.6) is 0 Å². The molecule has 1 aromatic heterocycles. The number of halogens is 1. The van der Waals surface area contributed by atoms with E-state index in [0.29, 0.717) is 18.2 Å². The molecule has 1 amide bonds. The van der Waals surface area contributed by atoms with Gasteiger partial charge < -0.3 is 15.2 Å². The van der Waals surface area contributed by atoms with Crippen LogP contribution in [0.15, 0.2) is 30.5 Å². The summed E-state index contributed by atoms with van der Waals surface area (Å²) in [5, 5.41) is 1.37. The minimum atomic E-state index is 0. The van der Waals surface area contributed by atoms with Crippen molar-refractivity contribution in [2.24, 2.45) is 12.8 Å². The highest BCUT2D eigenvalue weighted by molar-refractivity contribution is 5.85. The van der Waals surface area contributed by atoms with Gasteiger partial charge in [0.1, 0.15) is 0 Å². The fraction of sp³-hybridized carbons (Fsp3) is 0.571. The van der Waals surface area contributed by atoms with Crippen molar-refractivity contribution in [1.82, 2.24) is 9.47 Å². The number of aryl methyl sites for hydroxylation is 1. The molecule has 0 unspecified atom stereocenters. The number of hydrogen-bond acceptors (Lipinski definition) is 2. The smallest absolute Gasteiger partial charge is 0.222 e. The Hall–Kier alpha value is -1.52. The van der Waals surface area contributed by atoms with Gasteiger partial charge in [-0.05, 0) is 49.8 Å². The summed E-state index contributed by atoms with van der Waals surface area (Å²) in [6, 6.07) is 8.63. The summed E-state index contributed by atoms with van der Waals surface area (Å²) in [4.78, 5) is 14.5. The lowest BCUT2D eigenvalue weighted by Gasteiger charge is -2.32. The fourth-order valence-electron chi connectivity index (χ4n) is 4.07. The maximum absolute atomic E-state index is 12.4. The molecule has 26 heavy (non-hydrogen) atoms. The second-order valence-corrected chi connectivity index (χ2v) is 7.32. The lowest BCUT2D eigenvalue weighted by molar-refractivity contribution is -0.132. The van der Waals surface area contributed by atoms with E-state index >= 15 is 0 Å². The van der Waals surface area contributed by atoms with Gasteiger partial charge in [0.25, 0.3) is 0 Å². The number of amides is 1. The number of aromatic nitrogens is 1. The second-order valence-electron chi connectivity index (χ2n) is 7.32. The van der Waals surface area contributed by atoms with E-state index in [1.807, 2.05) is 0 Å². The zero-order chi connectivity index (χ0) is 17.6. The number of para-hydroxylation sites is 1. The predicted molar refractivity (Wildman–Crippen MR) is 111 cm³/mol. The van der Waals surface area contributed by atoms with E-state index in [1.54, 1.807) is 0 Å². The number of fused-ring (bicyclic) bond motifs is 1. The van der Waals surface area contributed by atoms with Crippen molar-refractivity contribution in [3.63, 3.8) is 0 Å². The molecule has 0 bridgehead atoms. The Balaban J connectivity index is 0.00000243. The molecular weight excluding hydrogens is 346 g/mol. The minimum absolute atomic E-state index is 0. The number of nitrogens with two attached hydrogens (primary N) is 1. The number of carbonyl (C=O) groups is 1. The molecule has 2 N–H and O–H groups in total. The van der Waals surface area contributed by atoms with Crippen molar-refractivity contribution in [3.8, 4) is 0 Å². The summed E-state index contributed by atoms with van der Waals surface area (Å²) < 4.78 is 2.23. The maximum atomic E-state index is 12.4. The van der Waals surface area contributed by atoms with Crippen LogP contribution in [0.25, 0.3) is 10.9 Å². The zero-order valence-corrected chi connectivity index (χ0v) is 16.6. The Labute approximate surface area is 163 Å². The van der Waals surface area contributed by atoms with Crippen LogP contribution >= 0.6 is 12.4 Å². The van der Waals surface area contributed by atoms with E-state index in [9.17, 15) is 4.79 Å². The second kappa shape index (κ2) is 9.98. The van der Waals surface area contributed by atoms with Crippen molar-refractivity contribution in [2.75, 3.05) is 19.6 Å². The fourth-order valence-corrected chi connectivity index (χ4v) is 4.07. The molecule has 0 spiro atoms. The third-order valence-corrected chi connectivity index (χ3v) is 5.56. The van der Waals surface area contributed by atoms with Crippen molar-refractivity contribution in [2.45, 2.75) is 50.9 Å². The predicted octanol–water partition coefficient (Wildman–Crippen LogP) is 4.22. The molecule has 0 atom stereocenters. The molecule has 1 aliphatic rings. The topological polar surface area (TPSA) is 51.3 Å². The normalized spacial score (nSPS) is 15.2. The summed E-state index contributed by atoms with van der Waals surface area (Å²) in [6.45, 7) is 2.56. The number of carbonyl (C=O) groups excluding carboxylic acids is 1. The van der Waals surface area contributed by atoms with Gasteiger partial charge >= 0.3 is 0 Å². The molecule has 1 saturated heterocycles. The van der Waals surface area contributed by atoms with Gasteiger partial charge in [-0.1, -0.05) is 31.0 Å². The summed E-state index contributed by atoms with van der Waals surface area (Å²) in [5.41, 5.74) is 8.26. The van der Waals surface area contributed by atoms with Gasteiger partial charge in [-0.3, -0.25) is 4.79 Å². The van der Waals surface area contributed by atoms with Crippen LogP contribution in [0, 0.1) is 0 Å². The zero-order valence-electron chi connectivity index (χ0n) is 15.8. The Morgan fingerprint density at radius 1 is 1.12 bits per heavy atom. The highest BCUT2D eigenvalue weighted by Gasteiger charge is 2.25. The van der Waals surface area contributed by atoms with E-state index in [-0.39, 0.29) is 12.4 Å². The van der Waals surface area contributed by atoms with Crippen LogP contribution in [0.1, 0.15) is 56.4 Å². The van der Waals surface area contributed by atoms with Crippen molar-refractivity contribution >= 4 is 29.2 Å². The van der Waals surface area contributed by atoms with Crippen LogP contribution in [-0.4, -0.2) is 35.0 Å². The standard InChI is InChI=1S/C21H31N3O.ClH/c1-23-16-19(18-8-5-6-9-20(18)23)17-11-14-24(15-12-17)21(25)10-4-2-3-7-13-22;/h5-6,8-9,16-17H,2-4,7,10-15,22H2,1H3;1H. The molecule has 4 nitrogen and oxygen atoms in total. The molecule has 5 heteroatoms. The first-order chi connectivity index (χ1) is 12.2. The highest BCUT2D eigenvalue weighted by atomic mass is 35.5. The lowest BCUT2D eigenvalue weighted by atomic mass is 9.89. The number of unbranched alkanes of at least 4 members (excludes halogenated alkanes) is 3. The Morgan fingerprint density at radius 2 is 1.81 bits per heavy atom. The quantitative estimate of drug-likeness (QED) is 0.734. The van der Waals surface area contributed by atoms with Gasteiger partial charge in [0.15, 0.2) is 0 Å². The van der Waals surface area contributed by atoms with Crippen molar-refractivity contribution in [1.29, 1.82) is 0 Å². The molecule has 0 saturated carbocycles. The Bertz CT molecular complexity index is 704. The number of likely N-dealkylation sites (tertiary alicyclic amines) is 1. The molecule has 1 fully saturated rings. The first-order valence-corrected chi connectivity index (χ1v) is 9.72. The summed E-state index contributed by atoms with van der Waals surface area (Å²) in [5.74, 6) is 0.906. The van der Waals surface area contributed by atoms with Gasteiger partial charge in [-0.2, -0.15) is 0 Å². The summed E-state index contributed by atoms with van der Waals surface area (Å²) in [6.07, 6.45) is 9.47. The molecule has 144 valence electrons. The first-order valence-electron chi connectivity index (χ1n) is 9.72. The van der Waals surface area contributed by atoms with Gasteiger partial charge in [-0.25, -0.2) is 0 Å². The van der Waals surface area contributed by atoms with Crippen molar-refractivity contribution in [3.05, 3.63) is 36.0 Å². The van der Waals surface area contributed by atoms with Gasteiger partial charge in [0, 0.05) is 43.7 Å². The van der Waals surface area contributed by atoms with Crippen LogP contribution in [0.4, 0.5) is 0 Å². The molecule has 0 radical (unpaired) electrons. The average Bonchev–Trinajstić information content (AvgIpc) is 2.99. The number of piperidine rings is 1. The number of rotatable bonds is 7. The minimum Gasteiger partial charge on any atom is -0.350 e. The van der Waals surface area contributed by atoms with Crippen LogP contribution in [-0.2, 0) is 11.8 Å². The monoisotopic (exact) mass is 377 g/mol. The molecular formula is C21H32ClN3O. The molecule has 1 aliphatic heterocycles. The number of benzene rings is 1. The largest absolute Gasteiger partial charge is 0.350 e. The van der Waals surface area contributed by atoms with E-state index < -0.39 is 0 Å². The van der Waals surface area contributed by atoms with E-state index in [4.69, 9.17) is 5.73 Å². The average molecular weight is 378 g/mol. The molecule has 2 heterocycles. The number of nitrogens with zero attached hydrogens (tertiary/aromatic N) is 2. The Kier molecular flexibility index (Phi) is 7.98. The molecule has 3 rings (SSSR count). The first kappa shape index (κ1) is 20.8. The SMILES string of the molecule is Cl.Cn1cc(C2CCN(C(=O)CCCCCCN)CC2)c2ccccc21. The maximum Gasteiger partial charge on any atom is 0.222 e. The van der Waals surface area contributed by atoms with Crippen LogP contribution in [0.2, 0.25) is 0 Å². The van der Waals surface area contributed by atoms with E-state index in [0.717, 1.165) is 58.2 Å². The molecule has 1 aromatic carbocycles. The van der Waals surface area contributed by atoms with Gasteiger partial charge in [-0.15, -0.1) is 12.4 Å². The lowest BCUT2D eigenvalue weighted by Crippen LogP contribution is -2.37. The van der Waals surface area contributed by atoms with Gasteiger partial charge in [0.2, 0.25) is 5.91 Å². The van der Waals surface area contributed by atoms with E-state index in [1.165, 1.54) is 16.5 Å². The summed E-state index contributed by atoms with van der Waals surface area (Å²) in [7, 11) is 2.12. The van der Waals surface area contributed by atoms with Crippen LogP contribution in [0.3, 0.4) is 0 Å². The number of hydrogen-bond donors (Lipinski definition) is 1. The van der Waals surface area contributed by atoms with Crippen LogP contribution < -0.4 is 5.73 Å². The Morgan fingerprint density at radius 3 is 2.54 bits per heavy atom. The highest BCUT2D eigenvalue weighted by Crippen LogP contribution is 2.34. The molecule has 2 aromatic rings. The third-order valence-electron chi connectivity index (χ3n) is 5.56. The third kappa shape index (κ3) is 4.80. The summed E-state index contributed by atoms with van der Waals surface area (Å²) >= 11 is 0. The molecule has 0 aliphatic carbocycles.